The van der Waals surface area contributed by atoms with Gasteiger partial charge >= 0.3 is 123 Å². The number of hydrogen-bond donors (Lipinski definition) is 0. The van der Waals surface area contributed by atoms with Crippen molar-refractivity contribution >= 4 is 106 Å². The number of benzene rings is 2. The molecule has 0 aliphatic rings. The van der Waals surface area contributed by atoms with Crippen LogP contribution in [0.3, 0.4) is 0 Å². The van der Waals surface area contributed by atoms with Gasteiger partial charge in [0.2, 0.25) is 0 Å². The topological polar surface area (TPSA) is 120 Å². The summed E-state index contributed by atoms with van der Waals surface area (Å²) in [7, 11) is 0. The number of rotatable bonds is 19. The van der Waals surface area contributed by atoms with Gasteiger partial charge in [0.15, 0.2) is 47.3 Å². The smallest absolute Gasteiger partial charge is 0.170 e. The third kappa shape index (κ3) is 13.6. The van der Waals surface area contributed by atoms with E-state index in [-0.39, 0.29) is 0 Å². The number of nitrogens with zero attached hydrogens (tertiary/aromatic N) is 6. The van der Waals surface area contributed by atoms with Crippen molar-refractivity contribution in [1.82, 2.24) is 17.9 Å². The van der Waals surface area contributed by atoms with Gasteiger partial charge in [-0.25, -0.2) is 17.9 Å². The van der Waals surface area contributed by atoms with Crippen LogP contribution in [0.5, 0.6) is 11.5 Å². The molecule has 16 heteroatoms. The first-order valence-corrected chi connectivity index (χ1v) is 32.5. The number of hydrogen-bond acceptors (Lipinski definition) is 12. The molecule has 6 aromatic heterocycles. The van der Waals surface area contributed by atoms with E-state index in [1.54, 1.807) is 81.6 Å². The predicted molar refractivity (Wildman–Crippen MR) is 271 cm³/mol. The zero-order valence-electron chi connectivity index (χ0n) is 35.9. The van der Waals surface area contributed by atoms with Gasteiger partial charge in [-0.2, -0.15) is 10.5 Å². The summed E-state index contributed by atoms with van der Waals surface area (Å²) >= 11 is 6.96. The molecule has 0 aliphatic carbocycles. The first-order valence-electron chi connectivity index (χ1n) is 21.1. The summed E-state index contributed by atoms with van der Waals surface area (Å²) in [5, 5.41) is 24.4. The van der Waals surface area contributed by atoms with Gasteiger partial charge in [-0.1, -0.05) is 51.1 Å². The Morgan fingerprint density at radius 2 is 1.14 bits per heavy atom. The number of thiophene rings is 2. The fourth-order valence-electron chi connectivity index (χ4n) is 7.00. The third-order valence-corrected chi connectivity index (χ3v) is 32.0. The van der Waals surface area contributed by atoms with Gasteiger partial charge in [0, 0.05) is 50.5 Å². The van der Waals surface area contributed by atoms with Crippen LogP contribution in [0.1, 0.15) is 70.4 Å². The van der Waals surface area contributed by atoms with E-state index >= 15 is 0 Å². The molecule has 8 aromatic rings. The van der Waals surface area contributed by atoms with E-state index in [0.29, 0.717) is 33.9 Å². The van der Waals surface area contributed by atoms with Crippen LogP contribution in [-0.4, -0.2) is 36.3 Å². The Morgan fingerprint density at radius 1 is 0.641 bits per heavy atom. The summed E-state index contributed by atoms with van der Waals surface area (Å²) in [6, 6.07) is 35.3. The predicted octanol–water partition coefficient (Wildman–Crippen LogP) is 15.0. The molecule has 330 valence electrons. The summed E-state index contributed by atoms with van der Waals surface area (Å²) in [5.41, 5.74) is 3.34. The van der Waals surface area contributed by atoms with Crippen LogP contribution in [0.25, 0.3) is 32.5 Å². The summed E-state index contributed by atoms with van der Waals surface area (Å²) < 4.78 is 21.1. The van der Waals surface area contributed by atoms with E-state index in [0.717, 1.165) is 50.1 Å². The maximum Gasteiger partial charge on any atom is 0.170 e. The van der Waals surface area contributed by atoms with E-state index in [1.807, 2.05) is 68.9 Å². The molecule has 0 unspecified atom stereocenters. The number of pyridine rings is 2. The van der Waals surface area contributed by atoms with Crippen molar-refractivity contribution in [3.63, 3.8) is 0 Å². The maximum atomic E-state index is 9.40. The summed E-state index contributed by atoms with van der Waals surface area (Å²) in [4.78, 5) is 20.3. The molecular formula is C48H49BrN6O4S4Sn. The van der Waals surface area contributed by atoms with Crippen LogP contribution >= 0.6 is 63.1 Å². The van der Waals surface area contributed by atoms with Crippen LogP contribution < -0.4 is 12.7 Å². The molecule has 0 amide bonds. The Labute approximate surface area is 404 Å². The summed E-state index contributed by atoms with van der Waals surface area (Å²) in [6.07, 6.45) is 15.4. The third-order valence-electron chi connectivity index (χ3n) is 10.3. The van der Waals surface area contributed by atoms with Crippen LogP contribution in [0.15, 0.2) is 137 Å². The van der Waals surface area contributed by atoms with E-state index in [1.165, 1.54) is 38.5 Å². The molecule has 10 nitrogen and oxygen atoms in total. The fraction of sp³-hybridized carbons (Fsp3) is 0.250. The minimum absolute atomic E-state index is 0.523. The number of para-hydroxylation sites is 2. The Hall–Kier alpha value is -4.30. The molecule has 0 saturated carbocycles. The van der Waals surface area contributed by atoms with Crippen molar-refractivity contribution in [2.75, 3.05) is 0 Å². The minimum atomic E-state index is -2.01. The monoisotopic (exact) mass is 1100 g/mol. The molecule has 0 radical (unpaired) electrons. The Morgan fingerprint density at radius 3 is 1.61 bits per heavy atom. The standard InChI is InChI=1S/C18H11N3O2S2.C14H8BrN3O2S.C4H3S.3C4H9.Sn/c19-10-14-12-21(25-23-22-15-5-2-1-3-6-15)18-16(14)9-13(11-20-18)17-7-4-8-24-17;15-11-6-13-10(7-16)9-18(14(13)17-8-11)21-20-19-12-4-2-1-3-5-12;1-2-4-5-3-1;3*1-3-4-2;/h1-9,11-12H;1-6,8-9H;1-3H;3*1,3-4H2,2H3;. The van der Waals surface area contributed by atoms with Gasteiger partial charge in [-0.3, -0.25) is 0 Å². The van der Waals surface area contributed by atoms with Crippen LogP contribution in [0.4, 0.5) is 0 Å². The largest absolute Gasteiger partial charge is 0.324 e. The molecule has 0 fully saturated rings. The average molecular weight is 1100 g/mol. The maximum absolute atomic E-state index is 9.40. The van der Waals surface area contributed by atoms with Crippen LogP contribution in [0.2, 0.25) is 13.3 Å². The average Bonchev–Trinajstić information content (AvgIpc) is 4.18. The SMILES string of the molecule is CCC[CH2][Sn]([CH2]CCC)([CH2]CCC)[c]1cccs1.N#Cc1cn(SOOc2ccccc2)c2ncc(-c3cccs3)cc12.N#Cc1cn(SOOc2ccccc2)c2ncc(Br)cc12. The van der Waals surface area contributed by atoms with Crippen molar-refractivity contribution in [2.24, 2.45) is 0 Å². The molecule has 0 aliphatic heterocycles. The van der Waals surface area contributed by atoms with E-state index in [2.05, 4.69) is 87.7 Å². The second-order valence-corrected chi connectivity index (χ2v) is 33.0. The fourth-order valence-corrected chi connectivity index (χ4v) is 29.0. The first kappa shape index (κ1) is 49.1. The van der Waals surface area contributed by atoms with Gasteiger partial charge in [-0.15, -0.1) is 11.3 Å². The molecular weight excluding hydrogens is 1050 g/mol. The molecule has 6 heterocycles. The molecule has 64 heavy (non-hydrogen) atoms. The van der Waals surface area contributed by atoms with Crippen molar-refractivity contribution in [3.8, 4) is 34.1 Å². The summed E-state index contributed by atoms with van der Waals surface area (Å²) in [6.45, 7) is 7.06. The molecule has 0 N–H and O–H groups in total. The van der Waals surface area contributed by atoms with E-state index in [4.69, 9.17) is 23.7 Å². The zero-order valence-corrected chi connectivity index (χ0v) is 43.6. The van der Waals surface area contributed by atoms with E-state index < -0.39 is 18.4 Å². The second kappa shape index (κ2) is 26.0. The Bertz CT molecular complexity index is 2680. The number of halogens is 1. The summed E-state index contributed by atoms with van der Waals surface area (Å²) in [5.74, 6) is 1.19. The van der Waals surface area contributed by atoms with Crippen molar-refractivity contribution in [1.29, 1.82) is 10.5 Å². The molecule has 0 saturated heterocycles. The van der Waals surface area contributed by atoms with Crippen LogP contribution in [0, 0.1) is 22.7 Å². The molecule has 0 spiro atoms. The zero-order chi connectivity index (χ0) is 45.0. The van der Waals surface area contributed by atoms with Crippen molar-refractivity contribution in [2.45, 2.75) is 72.6 Å². The Kier molecular flexibility index (Phi) is 20.0. The number of fused-ring (bicyclic) bond motifs is 2. The normalized spacial score (nSPS) is 11.0. The minimum Gasteiger partial charge on any atom is -0.324 e. The van der Waals surface area contributed by atoms with Gasteiger partial charge in [0.25, 0.3) is 0 Å². The van der Waals surface area contributed by atoms with Crippen LogP contribution in [-0.2, 0) is 8.67 Å². The number of nitriles is 2. The quantitative estimate of drug-likeness (QED) is 0.0335. The molecule has 8 rings (SSSR count). The number of aromatic nitrogens is 4. The van der Waals surface area contributed by atoms with Gasteiger partial charge in [-0.05, 0) is 63.8 Å². The Balaban J connectivity index is 0.000000162. The number of unbranched alkanes of at least 4 members (excludes halogenated alkanes) is 3. The van der Waals surface area contributed by atoms with E-state index in [9.17, 15) is 5.26 Å². The molecule has 0 bridgehead atoms. The first-order chi connectivity index (χ1) is 31.4. The van der Waals surface area contributed by atoms with Crippen molar-refractivity contribution in [3.05, 3.63) is 148 Å². The second-order valence-electron chi connectivity index (χ2n) is 14.7. The van der Waals surface area contributed by atoms with Crippen molar-refractivity contribution < 1.29 is 18.4 Å². The molecule has 2 aromatic carbocycles. The van der Waals surface area contributed by atoms with Gasteiger partial charge in [0.1, 0.15) is 12.1 Å². The molecule has 0 atom stereocenters. The van der Waals surface area contributed by atoms with Gasteiger partial charge < -0.3 is 9.78 Å². The van der Waals surface area contributed by atoms with Gasteiger partial charge in [0.05, 0.1) is 11.1 Å².